The zero-order chi connectivity index (χ0) is 18.1. The molecule has 2 heteroatoms. The molecule has 1 aromatic heterocycles. The summed E-state index contributed by atoms with van der Waals surface area (Å²) >= 11 is 1.81. The molecule has 0 N–H and O–H groups in total. The van der Waals surface area contributed by atoms with E-state index in [4.69, 9.17) is 4.74 Å². The van der Waals surface area contributed by atoms with Crippen molar-refractivity contribution in [1.82, 2.24) is 0 Å². The van der Waals surface area contributed by atoms with Gasteiger partial charge in [-0.3, -0.25) is 0 Å². The lowest BCUT2D eigenvalue weighted by atomic mass is 9.98. The number of hydrogen-bond donors (Lipinski definition) is 0. The van der Waals surface area contributed by atoms with Crippen LogP contribution in [0.3, 0.4) is 0 Å². The van der Waals surface area contributed by atoms with Crippen LogP contribution >= 0.6 is 11.3 Å². The van der Waals surface area contributed by atoms with Gasteiger partial charge in [-0.2, -0.15) is 0 Å². The number of allylic oxidation sites excluding steroid dienone is 1. The molecule has 0 bridgehead atoms. The Labute approximate surface area is 157 Å². The van der Waals surface area contributed by atoms with Gasteiger partial charge in [0.05, 0.1) is 7.11 Å². The molecule has 26 heavy (non-hydrogen) atoms. The van der Waals surface area contributed by atoms with Crippen molar-refractivity contribution in [1.29, 1.82) is 0 Å². The predicted octanol–water partition coefficient (Wildman–Crippen LogP) is 7.41. The molecular weight excluding hydrogens is 336 g/mol. The molecule has 128 valence electrons. The molecule has 0 aliphatic heterocycles. The van der Waals surface area contributed by atoms with Crippen molar-refractivity contribution in [3.05, 3.63) is 77.7 Å². The van der Waals surface area contributed by atoms with Crippen molar-refractivity contribution >= 4 is 44.3 Å². The van der Waals surface area contributed by atoms with Crippen molar-refractivity contribution in [2.45, 2.75) is 6.92 Å². The van der Waals surface area contributed by atoms with Gasteiger partial charge in [0.2, 0.25) is 0 Å². The molecular formula is C24H20OS. The van der Waals surface area contributed by atoms with Crippen LogP contribution in [0.15, 0.2) is 67.3 Å². The summed E-state index contributed by atoms with van der Waals surface area (Å²) in [5.41, 5.74) is 3.54. The molecule has 0 saturated heterocycles. The first kappa shape index (κ1) is 16.6. The molecule has 0 atom stereocenters. The molecule has 0 unspecified atom stereocenters. The van der Waals surface area contributed by atoms with E-state index in [1.165, 1.54) is 36.9 Å². The van der Waals surface area contributed by atoms with Gasteiger partial charge in [0, 0.05) is 25.9 Å². The third-order valence-electron chi connectivity index (χ3n) is 4.68. The first-order valence-electron chi connectivity index (χ1n) is 8.64. The fourth-order valence-corrected chi connectivity index (χ4v) is 4.62. The number of rotatable bonds is 4. The molecule has 4 rings (SSSR count). The molecule has 4 aromatic rings. The molecule has 1 nitrogen and oxygen atoms in total. The first-order chi connectivity index (χ1) is 12.8. The summed E-state index contributed by atoms with van der Waals surface area (Å²) in [5.74, 6) is 0.895. The van der Waals surface area contributed by atoms with E-state index in [2.05, 4.69) is 62.1 Å². The average molecular weight is 356 g/mol. The van der Waals surface area contributed by atoms with Gasteiger partial charge >= 0.3 is 0 Å². The molecule has 0 fully saturated rings. The first-order valence-corrected chi connectivity index (χ1v) is 9.46. The summed E-state index contributed by atoms with van der Waals surface area (Å²) in [6.45, 7) is 6.05. The van der Waals surface area contributed by atoms with Crippen molar-refractivity contribution < 1.29 is 4.74 Å². The molecule has 0 saturated carbocycles. The van der Waals surface area contributed by atoms with Crippen LogP contribution in [-0.2, 0) is 0 Å². The van der Waals surface area contributed by atoms with Gasteiger partial charge in [0.15, 0.2) is 0 Å². The summed E-state index contributed by atoms with van der Waals surface area (Å²) in [4.78, 5) is 1.22. The number of para-hydroxylation sites is 1. The smallest absolute Gasteiger partial charge is 0.126 e. The highest BCUT2D eigenvalue weighted by Crippen LogP contribution is 2.40. The van der Waals surface area contributed by atoms with Crippen molar-refractivity contribution in [3.8, 4) is 16.9 Å². The van der Waals surface area contributed by atoms with Crippen molar-refractivity contribution in [2.24, 2.45) is 0 Å². The lowest BCUT2D eigenvalue weighted by Gasteiger charge is -2.10. The second-order valence-corrected chi connectivity index (χ2v) is 7.21. The quantitative estimate of drug-likeness (QED) is 0.370. The largest absolute Gasteiger partial charge is 0.496 e. The van der Waals surface area contributed by atoms with Crippen LogP contribution < -0.4 is 4.74 Å². The monoisotopic (exact) mass is 356 g/mol. The summed E-state index contributed by atoms with van der Waals surface area (Å²) in [6, 6.07) is 19.2. The van der Waals surface area contributed by atoms with E-state index >= 15 is 0 Å². The normalized spacial score (nSPS) is 11.5. The molecule has 1 heterocycles. The second-order valence-electron chi connectivity index (χ2n) is 6.16. The summed E-state index contributed by atoms with van der Waals surface area (Å²) in [5, 5.41) is 3.81. The Bertz CT molecular complexity index is 1150. The topological polar surface area (TPSA) is 9.23 Å². The van der Waals surface area contributed by atoms with Gasteiger partial charge in [-0.05, 0) is 35.6 Å². The highest BCUT2D eigenvalue weighted by atomic mass is 32.1. The van der Waals surface area contributed by atoms with E-state index in [0.717, 1.165) is 11.3 Å². The maximum Gasteiger partial charge on any atom is 0.126 e. The van der Waals surface area contributed by atoms with E-state index in [1.807, 2.05) is 24.3 Å². The molecule has 3 aromatic carbocycles. The van der Waals surface area contributed by atoms with Gasteiger partial charge in [0.25, 0.3) is 0 Å². The maximum absolute atomic E-state index is 5.55. The van der Waals surface area contributed by atoms with E-state index < -0.39 is 0 Å². The van der Waals surface area contributed by atoms with Crippen LogP contribution in [0.4, 0.5) is 0 Å². The van der Waals surface area contributed by atoms with Gasteiger partial charge in [-0.25, -0.2) is 0 Å². The van der Waals surface area contributed by atoms with E-state index in [-0.39, 0.29) is 0 Å². The highest BCUT2D eigenvalue weighted by molar-refractivity contribution is 7.21. The highest BCUT2D eigenvalue weighted by Gasteiger charge is 2.12. The Morgan fingerprint density at radius 2 is 1.81 bits per heavy atom. The zero-order valence-electron chi connectivity index (χ0n) is 15.0. The zero-order valence-corrected chi connectivity index (χ0v) is 15.8. The van der Waals surface area contributed by atoms with Gasteiger partial charge in [-0.15, -0.1) is 11.3 Å². The Hall–Kier alpha value is -2.84. The minimum absolute atomic E-state index is 0.895. The molecule has 0 spiro atoms. The predicted molar refractivity (Wildman–Crippen MR) is 116 cm³/mol. The average Bonchev–Trinajstić information content (AvgIpc) is 3.06. The maximum atomic E-state index is 5.55. The van der Waals surface area contributed by atoms with Crippen LogP contribution in [0.5, 0.6) is 5.75 Å². The number of thiophene rings is 1. The lowest BCUT2D eigenvalue weighted by molar-refractivity contribution is 0.416. The second kappa shape index (κ2) is 6.81. The van der Waals surface area contributed by atoms with Crippen molar-refractivity contribution in [3.63, 3.8) is 0 Å². The molecule has 0 aliphatic rings. The third-order valence-corrected chi connectivity index (χ3v) is 5.93. The third kappa shape index (κ3) is 2.63. The van der Waals surface area contributed by atoms with Crippen LogP contribution in [0.25, 0.3) is 44.1 Å². The Morgan fingerprint density at radius 1 is 1.00 bits per heavy atom. The summed E-state index contributed by atoms with van der Waals surface area (Å²) < 4.78 is 6.86. The fourth-order valence-electron chi connectivity index (χ4n) is 3.45. The van der Waals surface area contributed by atoms with Gasteiger partial charge in [-0.1, -0.05) is 67.3 Å². The lowest BCUT2D eigenvalue weighted by Crippen LogP contribution is -1.87. The minimum Gasteiger partial charge on any atom is -0.496 e. The number of ether oxygens (including phenoxy) is 1. The fraction of sp³-hybridized carbons (Fsp3) is 0.0833. The van der Waals surface area contributed by atoms with E-state index in [1.54, 1.807) is 18.4 Å². The number of hydrogen-bond acceptors (Lipinski definition) is 2. The molecule has 0 amide bonds. The Kier molecular flexibility index (Phi) is 4.36. The molecule has 0 radical (unpaired) electrons. The number of methoxy groups -OCH3 is 1. The molecule has 0 aliphatic carbocycles. The summed E-state index contributed by atoms with van der Waals surface area (Å²) in [7, 11) is 1.72. The number of benzene rings is 3. The van der Waals surface area contributed by atoms with E-state index in [9.17, 15) is 0 Å². The van der Waals surface area contributed by atoms with Crippen LogP contribution in [-0.4, -0.2) is 7.11 Å². The van der Waals surface area contributed by atoms with Crippen molar-refractivity contribution in [2.75, 3.05) is 7.11 Å². The Balaban J connectivity index is 2.03. The number of fused-ring (bicyclic) bond motifs is 3. The summed E-state index contributed by atoms with van der Waals surface area (Å²) in [6.07, 6.45) is 6.21. The standard InChI is InChI=1S/C24H20OS/c1-4-8-19-20-14-13-16-11-12-17(18-9-6-7-10-22(18)25-3)15-21(16)24(20)26-23(19)5-2/h4-15H,2H2,1,3H3/b8-4-. The SMILES string of the molecule is C=Cc1sc2c(ccc3ccc(-c4ccccc4OC)cc32)c1/C=C\C. The van der Waals surface area contributed by atoms with E-state index in [0.29, 0.717) is 0 Å². The Morgan fingerprint density at radius 3 is 2.58 bits per heavy atom. The van der Waals surface area contributed by atoms with Crippen LogP contribution in [0.1, 0.15) is 17.4 Å². The van der Waals surface area contributed by atoms with Gasteiger partial charge in [0.1, 0.15) is 5.75 Å². The minimum atomic E-state index is 0.895. The van der Waals surface area contributed by atoms with Gasteiger partial charge < -0.3 is 4.74 Å². The van der Waals surface area contributed by atoms with Crippen LogP contribution in [0, 0.1) is 0 Å². The van der Waals surface area contributed by atoms with Crippen LogP contribution in [0.2, 0.25) is 0 Å².